The van der Waals surface area contributed by atoms with Crippen molar-refractivity contribution in [2.75, 3.05) is 0 Å². The second-order valence-electron chi connectivity index (χ2n) is 15.2. The largest absolute Gasteiger partial charge is 0.354 e. The first-order valence-corrected chi connectivity index (χ1v) is 21.4. The van der Waals surface area contributed by atoms with Crippen LogP contribution in [-0.2, 0) is 0 Å². The van der Waals surface area contributed by atoms with Gasteiger partial charge < -0.3 is 5.32 Å². The molecule has 2 aromatic heterocycles. The molecule has 0 aliphatic carbocycles. The third-order valence-corrected chi connectivity index (χ3v) is 12.6. The van der Waals surface area contributed by atoms with Gasteiger partial charge in [-0.05, 0) is 46.0 Å². The first-order valence-electron chi connectivity index (χ1n) is 20.6. The smallest absolute Gasteiger partial charge is 0.164 e. The summed E-state index contributed by atoms with van der Waals surface area (Å²) in [4.78, 5) is 15.3. The molecule has 0 unspecified atom stereocenters. The lowest BCUT2D eigenvalue weighted by molar-refractivity contribution is 1.07. The number of nitrogens with one attached hydrogen (secondary N) is 2. The molecule has 0 atom stereocenters. The van der Waals surface area contributed by atoms with Crippen LogP contribution in [0.4, 0.5) is 0 Å². The number of rotatable bonds is 8. The molecule has 1 aliphatic rings. The molecule has 11 rings (SSSR count). The maximum atomic E-state index is 9.74. The van der Waals surface area contributed by atoms with Crippen LogP contribution in [0.15, 0.2) is 206 Å². The number of benzene rings is 8. The standard InChI is InChI=1S/C56H37N5S/c57-51(38-18-6-2-7-19-38)50(52-44-25-11-10-22-42(44)35-48(58-52)36-16-4-1-5-17-36)37-30-32-40(33-31-37)55-59-54(39-20-8-3-9-21-39)60-56(61-55)43-24-14-23-41(34-43)45-27-15-28-47-46-26-12-13-29-49(46)62-53(45)47/h1-35,57-58H/b52-50-,57-51?. The molecule has 2 N–H and O–H groups in total. The van der Waals surface area contributed by atoms with E-state index < -0.39 is 0 Å². The molecular formula is C56H37N5S. The third-order valence-electron chi connectivity index (χ3n) is 11.4. The molecule has 5 nitrogen and oxygen atoms in total. The number of thiophene rings is 1. The summed E-state index contributed by atoms with van der Waals surface area (Å²) in [5.74, 6) is 1.77. The highest BCUT2D eigenvalue weighted by Crippen LogP contribution is 2.41. The normalized spacial score (nSPS) is 13.0. The monoisotopic (exact) mass is 811 g/mol. The van der Waals surface area contributed by atoms with Crippen LogP contribution in [0.25, 0.3) is 88.5 Å². The summed E-state index contributed by atoms with van der Waals surface area (Å²) in [6.07, 6.45) is 2.18. The molecule has 0 radical (unpaired) electrons. The highest BCUT2D eigenvalue weighted by molar-refractivity contribution is 7.26. The van der Waals surface area contributed by atoms with Gasteiger partial charge in [-0.2, -0.15) is 0 Å². The highest BCUT2D eigenvalue weighted by Gasteiger charge is 2.24. The fraction of sp³-hybridized carbons (Fsp3) is 0. The van der Waals surface area contributed by atoms with Gasteiger partial charge in [0.15, 0.2) is 17.5 Å². The SMILES string of the molecule is N=C(/C(=C1\NC(c2ccccc2)=Cc2ccccc21)c1ccc(-c2nc(-c3ccccc3)nc(-c3cccc(-c4cccc5c4sc4ccccc45)c3)n2)cc1)c1ccccc1. The van der Waals surface area contributed by atoms with E-state index in [0.29, 0.717) is 23.2 Å². The summed E-state index contributed by atoms with van der Waals surface area (Å²) in [5, 5.41) is 16.1. The van der Waals surface area contributed by atoms with Crippen LogP contribution >= 0.6 is 11.3 Å². The minimum atomic E-state index is 0.421. The predicted octanol–water partition coefficient (Wildman–Crippen LogP) is 13.9. The summed E-state index contributed by atoms with van der Waals surface area (Å²) >= 11 is 1.83. The Hall–Kier alpha value is -8.06. The second-order valence-corrected chi connectivity index (χ2v) is 16.3. The second kappa shape index (κ2) is 15.8. The molecule has 0 fully saturated rings. The Kier molecular flexibility index (Phi) is 9.45. The summed E-state index contributed by atoms with van der Waals surface area (Å²) in [5.41, 5.74) is 13.0. The van der Waals surface area contributed by atoms with Crippen molar-refractivity contribution in [1.29, 1.82) is 5.41 Å². The molecule has 1 aliphatic heterocycles. The zero-order valence-corrected chi connectivity index (χ0v) is 34.3. The highest BCUT2D eigenvalue weighted by atomic mass is 32.1. The van der Waals surface area contributed by atoms with Gasteiger partial charge in [0.2, 0.25) is 0 Å². The predicted molar refractivity (Wildman–Crippen MR) is 258 cm³/mol. The zero-order chi connectivity index (χ0) is 41.4. The maximum Gasteiger partial charge on any atom is 0.164 e. The lowest BCUT2D eigenvalue weighted by atomic mass is 9.87. The summed E-state index contributed by atoms with van der Waals surface area (Å²) in [6.45, 7) is 0. The average molecular weight is 812 g/mol. The Morgan fingerprint density at radius 3 is 1.74 bits per heavy atom. The Labute approximate surface area is 363 Å². The van der Waals surface area contributed by atoms with Crippen molar-refractivity contribution in [3.63, 3.8) is 0 Å². The Bertz CT molecular complexity index is 3370. The first kappa shape index (κ1) is 37.0. The van der Waals surface area contributed by atoms with Crippen LogP contribution in [0.2, 0.25) is 0 Å². The lowest BCUT2D eigenvalue weighted by Gasteiger charge is -2.26. The van der Waals surface area contributed by atoms with Gasteiger partial charge in [-0.1, -0.05) is 194 Å². The molecular weight excluding hydrogens is 775 g/mol. The number of fused-ring (bicyclic) bond motifs is 4. The third kappa shape index (κ3) is 6.88. The van der Waals surface area contributed by atoms with Gasteiger partial charge in [0.25, 0.3) is 0 Å². The van der Waals surface area contributed by atoms with Gasteiger partial charge in [0, 0.05) is 59.3 Å². The van der Waals surface area contributed by atoms with Crippen molar-refractivity contribution in [3.05, 3.63) is 234 Å². The number of hydrogen-bond acceptors (Lipinski definition) is 6. The van der Waals surface area contributed by atoms with Crippen LogP contribution in [0, 0.1) is 5.41 Å². The van der Waals surface area contributed by atoms with E-state index in [-0.39, 0.29) is 0 Å². The molecule has 0 saturated heterocycles. The summed E-state index contributed by atoms with van der Waals surface area (Å²) in [7, 11) is 0. The van der Waals surface area contributed by atoms with Crippen molar-refractivity contribution in [2.24, 2.45) is 0 Å². The molecule has 8 aromatic carbocycles. The number of hydrogen-bond donors (Lipinski definition) is 2. The van der Waals surface area contributed by atoms with Gasteiger partial charge in [0.1, 0.15) is 0 Å². The fourth-order valence-corrected chi connectivity index (χ4v) is 9.55. The molecule has 62 heavy (non-hydrogen) atoms. The van der Waals surface area contributed by atoms with E-state index >= 15 is 0 Å². The van der Waals surface area contributed by atoms with E-state index in [1.165, 1.54) is 25.7 Å². The van der Waals surface area contributed by atoms with Crippen LogP contribution in [-0.4, -0.2) is 20.7 Å². The zero-order valence-electron chi connectivity index (χ0n) is 33.5. The van der Waals surface area contributed by atoms with E-state index in [0.717, 1.165) is 67.0 Å². The van der Waals surface area contributed by atoms with Crippen LogP contribution < -0.4 is 5.32 Å². The van der Waals surface area contributed by atoms with E-state index in [4.69, 9.17) is 15.0 Å². The summed E-state index contributed by atoms with van der Waals surface area (Å²) < 4.78 is 2.54. The Morgan fingerprint density at radius 2 is 0.984 bits per heavy atom. The number of allylic oxidation sites excluding steroid dienone is 1. The van der Waals surface area contributed by atoms with E-state index in [9.17, 15) is 5.41 Å². The Morgan fingerprint density at radius 1 is 0.435 bits per heavy atom. The van der Waals surface area contributed by atoms with Crippen molar-refractivity contribution in [2.45, 2.75) is 0 Å². The number of nitrogens with zero attached hydrogens (tertiary/aromatic N) is 3. The molecule has 10 aromatic rings. The first-order chi connectivity index (χ1) is 30.6. The van der Waals surface area contributed by atoms with Gasteiger partial charge in [-0.25, -0.2) is 15.0 Å². The molecule has 3 heterocycles. The Balaban J connectivity index is 1.03. The summed E-state index contributed by atoms with van der Waals surface area (Å²) in [6, 6.07) is 70.7. The van der Waals surface area contributed by atoms with Crippen molar-refractivity contribution in [3.8, 4) is 45.3 Å². The molecule has 0 saturated carbocycles. The van der Waals surface area contributed by atoms with Gasteiger partial charge in [0.05, 0.1) is 11.4 Å². The van der Waals surface area contributed by atoms with Gasteiger partial charge in [-0.15, -0.1) is 11.3 Å². The topological polar surface area (TPSA) is 74.6 Å². The van der Waals surface area contributed by atoms with Crippen molar-refractivity contribution >= 4 is 60.3 Å². The van der Waals surface area contributed by atoms with Crippen molar-refractivity contribution < 1.29 is 0 Å². The van der Waals surface area contributed by atoms with Crippen LogP contribution in [0.1, 0.15) is 27.8 Å². The fourth-order valence-electron chi connectivity index (χ4n) is 8.31. The molecule has 0 spiro atoms. The minimum Gasteiger partial charge on any atom is -0.354 e. The number of aromatic nitrogens is 3. The molecule has 6 heteroatoms. The van der Waals surface area contributed by atoms with E-state index in [1.807, 2.05) is 90.2 Å². The quantitative estimate of drug-likeness (QED) is 0.150. The average Bonchev–Trinajstić information content (AvgIpc) is 3.74. The molecule has 0 bridgehead atoms. The maximum absolute atomic E-state index is 9.74. The lowest BCUT2D eigenvalue weighted by Crippen LogP contribution is -2.20. The van der Waals surface area contributed by atoms with E-state index in [1.54, 1.807) is 0 Å². The molecule has 292 valence electrons. The van der Waals surface area contributed by atoms with Crippen LogP contribution in [0.3, 0.4) is 0 Å². The van der Waals surface area contributed by atoms with E-state index in [2.05, 4.69) is 139 Å². The molecule has 0 amide bonds. The van der Waals surface area contributed by atoms with Gasteiger partial charge in [-0.3, -0.25) is 5.41 Å². The van der Waals surface area contributed by atoms with Gasteiger partial charge >= 0.3 is 0 Å². The van der Waals surface area contributed by atoms with Crippen molar-refractivity contribution in [1.82, 2.24) is 20.3 Å². The minimum absolute atomic E-state index is 0.421. The van der Waals surface area contributed by atoms with Crippen LogP contribution in [0.5, 0.6) is 0 Å².